The molecule has 142 valence electrons. The predicted octanol–water partition coefficient (Wildman–Crippen LogP) is 3.87. The van der Waals surface area contributed by atoms with Crippen LogP contribution in [-0.4, -0.2) is 20.4 Å². The topological polar surface area (TPSA) is 76.9 Å². The lowest BCUT2D eigenvalue weighted by atomic mass is 10.1. The molecule has 28 heavy (non-hydrogen) atoms. The molecule has 1 N–H and O–H groups in total. The first-order valence-corrected chi connectivity index (χ1v) is 9.26. The fraction of sp³-hybridized carbons (Fsp3) is 0.158. The van der Waals surface area contributed by atoms with Crippen molar-refractivity contribution in [2.45, 2.75) is 20.4 Å². The highest BCUT2D eigenvalue weighted by atomic mass is 32.1. The van der Waals surface area contributed by atoms with Crippen LogP contribution in [0.15, 0.2) is 35.3 Å². The Bertz CT molecular complexity index is 1310. The number of aryl methyl sites for hydroxylation is 2. The lowest BCUT2D eigenvalue weighted by molar-refractivity contribution is 0.102. The number of nitrogens with one attached hydrogen (secondary N) is 1. The summed E-state index contributed by atoms with van der Waals surface area (Å²) in [4.78, 5) is 33.8. The standard InChI is InChI=1S/C19H14F2N4O2S/c1-3-25-8-12(16(26)11-5-4-9(2)22-17(11)25)18(27)24-19-23-15-13(21)6-10(20)7-14(15)28-19/h4-8H,3H2,1-2H3,(H,23,24,27). The van der Waals surface area contributed by atoms with E-state index >= 15 is 0 Å². The first kappa shape index (κ1) is 18.2. The van der Waals surface area contributed by atoms with E-state index in [0.717, 1.165) is 29.2 Å². The zero-order valence-electron chi connectivity index (χ0n) is 14.9. The van der Waals surface area contributed by atoms with E-state index in [-0.39, 0.29) is 20.9 Å². The molecule has 0 radical (unpaired) electrons. The summed E-state index contributed by atoms with van der Waals surface area (Å²) >= 11 is 0.926. The number of thiazole rings is 1. The number of anilines is 1. The maximum atomic E-state index is 13.8. The van der Waals surface area contributed by atoms with Crippen molar-refractivity contribution < 1.29 is 13.6 Å². The van der Waals surface area contributed by atoms with E-state index in [1.165, 1.54) is 6.20 Å². The van der Waals surface area contributed by atoms with E-state index < -0.39 is 23.0 Å². The average Bonchev–Trinajstić information content (AvgIpc) is 3.04. The molecule has 0 aliphatic heterocycles. The monoisotopic (exact) mass is 400 g/mol. The minimum absolute atomic E-state index is 0.0362. The van der Waals surface area contributed by atoms with Gasteiger partial charge in [-0.15, -0.1) is 0 Å². The van der Waals surface area contributed by atoms with Crippen LogP contribution in [0.4, 0.5) is 13.9 Å². The van der Waals surface area contributed by atoms with Gasteiger partial charge < -0.3 is 4.57 Å². The summed E-state index contributed by atoms with van der Waals surface area (Å²) in [5.74, 6) is -2.21. The molecule has 6 nitrogen and oxygen atoms in total. The molecule has 4 aromatic rings. The van der Waals surface area contributed by atoms with Gasteiger partial charge in [0.05, 0.1) is 10.1 Å². The number of fused-ring (bicyclic) bond motifs is 2. The highest BCUT2D eigenvalue weighted by molar-refractivity contribution is 7.22. The summed E-state index contributed by atoms with van der Waals surface area (Å²) in [5.41, 5.74) is 0.691. The molecule has 0 aliphatic carbocycles. The molecule has 0 bridgehead atoms. The van der Waals surface area contributed by atoms with Crippen LogP contribution in [0.5, 0.6) is 0 Å². The second kappa shape index (κ2) is 6.75. The van der Waals surface area contributed by atoms with Gasteiger partial charge >= 0.3 is 0 Å². The maximum Gasteiger partial charge on any atom is 0.262 e. The third-order valence-electron chi connectivity index (χ3n) is 4.28. The Morgan fingerprint density at radius 3 is 2.79 bits per heavy atom. The van der Waals surface area contributed by atoms with Crippen LogP contribution < -0.4 is 10.7 Å². The lowest BCUT2D eigenvalue weighted by Crippen LogP contribution is -2.24. The van der Waals surface area contributed by atoms with Gasteiger partial charge in [0, 0.05) is 24.5 Å². The number of hydrogen-bond donors (Lipinski definition) is 1. The zero-order valence-corrected chi connectivity index (χ0v) is 15.7. The van der Waals surface area contributed by atoms with Gasteiger partial charge in [0.25, 0.3) is 5.91 Å². The number of hydrogen-bond acceptors (Lipinski definition) is 5. The van der Waals surface area contributed by atoms with Crippen molar-refractivity contribution in [1.29, 1.82) is 0 Å². The third kappa shape index (κ3) is 3.03. The van der Waals surface area contributed by atoms with Gasteiger partial charge in [0.1, 0.15) is 22.5 Å². The number of carbonyl (C=O) groups is 1. The molecule has 1 aromatic carbocycles. The molecule has 0 unspecified atom stereocenters. The van der Waals surface area contributed by atoms with Crippen LogP contribution in [0, 0.1) is 18.6 Å². The number of amides is 1. The summed E-state index contributed by atoms with van der Waals surface area (Å²) in [6.45, 7) is 4.21. The number of nitrogens with zero attached hydrogens (tertiary/aromatic N) is 3. The van der Waals surface area contributed by atoms with Gasteiger partial charge in [-0.2, -0.15) is 0 Å². The fourth-order valence-corrected chi connectivity index (χ4v) is 3.84. The number of aromatic nitrogens is 3. The molecule has 1 amide bonds. The van der Waals surface area contributed by atoms with Crippen LogP contribution in [0.3, 0.4) is 0 Å². The van der Waals surface area contributed by atoms with E-state index in [0.29, 0.717) is 17.6 Å². The molecule has 3 heterocycles. The Morgan fingerprint density at radius 1 is 1.25 bits per heavy atom. The molecule has 0 aliphatic rings. The Labute approximate surface area is 161 Å². The Morgan fingerprint density at radius 2 is 2.04 bits per heavy atom. The second-order valence-electron chi connectivity index (χ2n) is 6.19. The van der Waals surface area contributed by atoms with Crippen molar-refractivity contribution in [3.05, 3.63) is 63.6 Å². The maximum absolute atomic E-state index is 13.8. The summed E-state index contributed by atoms with van der Waals surface area (Å²) in [6, 6.07) is 5.21. The summed E-state index contributed by atoms with van der Waals surface area (Å²) in [7, 11) is 0. The molecule has 0 saturated carbocycles. The van der Waals surface area contributed by atoms with Gasteiger partial charge in [-0.25, -0.2) is 18.7 Å². The quantitative estimate of drug-likeness (QED) is 0.566. The van der Waals surface area contributed by atoms with Crippen molar-refractivity contribution in [2.75, 3.05) is 5.32 Å². The molecule has 0 atom stereocenters. The average molecular weight is 400 g/mol. The van der Waals surface area contributed by atoms with Crippen molar-refractivity contribution in [3.8, 4) is 0 Å². The highest BCUT2D eigenvalue weighted by Gasteiger charge is 2.18. The molecule has 0 fully saturated rings. The Kier molecular flexibility index (Phi) is 4.38. The van der Waals surface area contributed by atoms with E-state index in [1.807, 2.05) is 13.8 Å². The SMILES string of the molecule is CCn1cc(C(=O)Nc2nc3c(F)cc(F)cc3s2)c(=O)c2ccc(C)nc21. The normalized spacial score (nSPS) is 11.3. The minimum Gasteiger partial charge on any atom is -0.332 e. The van der Waals surface area contributed by atoms with Crippen molar-refractivity contribution >= 4 is 43.6 Å². The van der Waals surface area contributed by atoms with Crippen molar-refractivity contribution in [3.63, 3.8) is 0 Å². The van der Waals surface area contributed by atoms with Crippen molar-refractivity contribution in [1.82, 2.24) is 14.5 Å². The smallest absolute Gasteiger partial charge is 0.262 e. The molecule has 0 spiro atoms. The molecule has 3 aromatic heterocycles. The van der Waals surface area contributed by atoms with Gasteiger partial charge in [0.15, 0.2) is 10.9 Å². The Hall–Kier alpha value is -3.20. The van der Waals surface area contributed by atoms with Crippen molar-refractivity contribution in [2.24, 2.45) is 0 Å². The number of halogens is 2. The van der Waals surface area contributed by atoms with Gasteiger partial charge in [0.2, 0.25) is 5.43 Å². The molecule has 4 rings (SSSR count). The zero-order chi connectivity index (χ0) is 20.0. The van der Waals surface area contributed by atoms with Crippen LogP contribution in [-0.2, 0) is 6.54 Å². The van der Waals surface area contributed by atoms with Crippen LogP contribution in [0.25, 0.3) is 21.3 Å². The van der Waals surface area contributed by atoms with Gasteiger partial charge in [-0.3, -0.25) is 14.9 Å². The van der Waals surface area contributed by atoms with Crippen LogP contribution in [0.2, 0.25) is 0 Å². The second-order valence-corrected chi connectivity index (χ2v) is 7.22. The van der Waals surface area contributed by atoms with E-state index in [9.17, 15) is 18.4 Å². The van der Waals surface area contributed by atoms with E-state index in [1.54, 1.807) is 16.7 Å². The Balaban J connectivity index is 1.77. The summed E-state index contributed by atoms with van der Waals surface area (Å²) in [6.07, 6.45) is 1.44. The largest absolute Gasteiger partial charge is 0.332 e. The lowest BCUT2D eigenvalue weighted by Gasteiger charge is -2.11. The van der Waals surface area contributed by atoms with Gasteiger partial charge in [-0.1, -0.05) is 11.3 Å². The number of rotatable bonds is 3. The molecular weight excluding hydrogens is 386 g/mol. The minimum atomic E-state index is -0.813. The predicted molar refractivity (Wildman–Crippen MR) is 104 cm³/mol. The summed E-state index contributed by atoms with van der Waals surface area (Å²) in [5, 5.41) is 2.92. The molecular formula is C19H14F2N4O2S. The molecule has 0 saturated heterocycles. The van der Waals surface area contributed by atoms with E-state index in [4.69, 9.17) is 0 Å². The van der Waals surface area contributed by atoms with Crippen LogP contribution >= 0.6 is 11.3 Å². The number of benzene rings is 1. The number of pyridine rings is 2. The number of carbonyl (C=O) groups excluding carboxylic acids is 1. The molecule has 9 heteroatoms. The highest BCUT2D eigenvalue weighted by Crippen LogP contribution is 2.29. The van der Waals surface area contributed by atoms with Gasteiger partial charge in [-0.05, 0) is 32.0 Å². The first-order valence-electron chi connectivity index (χ1n) is 8.45. The fourth-order valence-electron chi connectivity index (χ4n) is 2.94. The third-order valence-corrected chi connectivity index (χ3v) is 5.20. The van der Waals surface area contributed by atoms with E-state index in [2.05, 4.69) is 15.3 Å². The summed E-state index contributed by atoms with van der Waals surface area (Å²) < 4.78 is 29.1. The van der Waals surface area contributed by atoms with Crippen LogP contribution in [0.1, 0.15) is 23.0 Å². The first-order chi connectivity index (χ1) is 13.4.